The normalized spacial score (nSPS) is 10.3. The van der Waals surface area contributed by atoms with Crippen molar-refractivity contribution in [1.29, 1.82) is 0 Å². The molecule has 24 nitrogen and oxygen atoms in total. The predicted molar refractivity (Wildman–Crippen MR) is 598 cm³/mol. The maximum Gasteiger partial charge on any atom is 2.00 e. The SMILES string of the molecule is CC.CC.CC.CC.CC.CC.CC.CC.CC.CC.CC.CC.[Zn+2].[Zn+2].[Zn+2].c1ccc2c(c1)-c1nc-2nc2[n-]c(nc3nc(nc4[n-]c(n1)c1ccccc41)-c1ccccc1-3)c1ccccc21.c1ccc2c(c1)-c1nc-2nc2[n-]c(nc3nc(nc4[n-]c(n1)c1ccccc41)-c1ccccc1-3)c1ccccc21.c1ccc2c(c1)-c1nc-2nc2[n-]c(nc3nc(nc4[n-]c(n1)c1ccccc41)-c1ccccc1-3)c1ccccc21. The first-order valence-electron chi connectivity index (χ1n) is 50.7. The fraction of sp³-hybridized carbons (Fsp3) is 0.200. The predicted octanol–water partition coefficient (Wildman–Crippen LogP) is 30.7. The minimum Gasteiger partial charge on any atom is -0.357 e. The summed E-state index contributed by atoms with van der Waals surface area (Å²) >= 11 is 0. The maximum atomic E-state index is 4.95. The molecule has 726 valence electrons. The van der Waals surface area contributed by atoms with Crippen LogP contribution in [0.3, 0.4) is 0 Å². The molecule has 6 aliphatic heterocycles. The zero-order chi connectivity index (χ0) is 103. The van der Waals surface area contributed by atoms with Crippen molar-refractivity contribution in [3.8, 4) is 137 Å². The molecule has 12 aromatic carbocycles. The molecule has 0 radical (unpaired) electrons. The number of hydrogen-bond acceptors (Lipinski definition) is 18. The molecular formula is C120H120N24Zn3. The van der Waals surface area contributed by atoms with Crippen LogP contribution in [0, 0.1) is 0 Å². The number of nitrogens with zero attached hydrogens (tertiary/aromatic N) is 24. The van der Waals surface area contributed by atoms with Crippen LogP contribution in [-0.2, 0) is 58.4 Å². The van der Waals surface area contributed by atoms with Gasteiger partial charge in [-0.25, -0.2) is 29.9 Å². The summed E-state index contributed by atoms with van der Waals surface area (Å²) in [5.74, 6) is 6.62. The third-order valence-corrected chi connectivity index (χ3v) is 22.0. The molecule has 27 heteroatoms. The van der Waals surface area contributed by atoms with E-state index in [4.69, 9.17) is 120 Å². The van der Waals surface area contributed by atoms with Gasteiger partial charge in [0.15, 0.2) is 0 Å². The third kappa shape index (κ3) is 22.7. The van der Waals surface area contributed by atoms with Crippen LogP contribution in [0.4, 0.5) is 0 Å². The molecule has 6 aliphatic rings. The Morgan fingerprint density at radius 2 is 0.170 bits per heavy atom. The number of aromatic nitrogens is 24. The first kappa shape index (κ1) is 114. The van der Waals surface area contributed by atoms with Crippen molar-refractivity contribution in [2.24, 2.45) is 0 Å². The first-order valence-corrected chi connectivity index (χ1v) is 50.7. The second kappa shape index (κ2) is 54.5. The summed E-state index contributed by atoms with van der Waals surface area (Å²) < 4.78 is 0. The number of fused-ring (bicyclic) bond motifs is 60. The maximum absolute atomic E-state index is 4.95. The van der Waals surface area contributed by atoms with Gasteiger partial charge in [0.1, 0.15) is 0 Å². The fourth-order valence-corrected chi connectivity index (χ4v) is 16.4. The minimum atomic E-state index is 0. The van der Waals surface area contributed by atoms with Crippen molar-refractivity contribution in [1.82, 2.24) is 120 Å². The number of benzene rings is 12. The van der Waals surface area contributed by atoms with Gasteiger partial charge in [-0.15, -0.1) is 0 Å². The van der Waals surface area contributed by atoms with Gasteiger partial charge < -0.3 is 89.7 Å². The zero-order valence-corrected chi connectivity index (χ0v) is 97.5. The Morgan fingerprint density at radius 1 is 0.102 bits per heavy atom. The van der Waals surface area contributed by atoms with Crippen molar-refractivity contribution in [3.05, 3.63) is 291 Å². The van der Waals surface area contributed by atoms with E-state index in [1.807, 2.05) is 457 Å². The van der Waals surface area contributed by atoms with Crippen LogP contribution in [0.1, 0.15) is 166 Å². The summed E-state index contributed by atoms with van der Waals surface area (Å²) in [5.41, 5.74) is 17.3. The summed E-state index contributed by atoms with van der Waals surface area (Å²) in [6.45, 7) is 48.0. The van der Waals surface area contributed by atoms with E-state index in [0.29, 0.717) is 138 Å². The Balaban J connectivity index is 0.000000203. The van der Waals surface area contributed by atoms with Crippen LogP contribution in [-0.4, -0.2) is 89.7 Å². The number of rotatable bonds is 0. The Hall–Kier alpha value is -15.4. The molecule has 24 bridgehead atoms. The van der Waals surface area contributed by atoms with Gasteiger partial charge in [0.05, 0.1) is 69.9 Å². The van der Waals surface area contributed by atoms with Gasteiger partial charge >= 0.3 is 58.4 Å². The van der Waals surface area contributed by atoms with E-state index in [-0.39, 0.29) is 58.4 Å². The van der Waals surface area contributed by atoms with Gasteiger partial charge in [-0.05, 0) is 64.6 Å². The van der Waals surface area contributed by atoms with E-state index in [1.165, 1.54) is 0 Å². The topological polar surface area (TPSA) is 317 Å². The van der Waals surface area contributed by atoms with Gasteiger partial charge in [-0.2, -0.15) is 0 Å². The second-order valence-electron chi connectivity index (χ2n) is 29.0. The molecule has 0 spiro atoms. The molecule has 0 amide bonds. The molecule has 0 atom stereocenters. The van der Waals surface area contributed by atoms with Crippen LogP contribution < -0.4 is 29.9 Å². The van der Waals surface area contributed by atoms with Crippen molar-refractivity contribution in [3.63, 3.8) is 0 Å². The van der Waals surface area contributed by atoms with Gasteiger partial charge in [-0.1, -0.05) is 457 Å². The zero-order valence-electron chi connectivity index (χ0n) is 88.6. The average molecular weight is 2090 g/mol. The molecule has 0 unspecified atom stereocenters. The summed E-state index contributed by atoms with van der Waals surface area (Å²) in [5, 5.41) is 10.7. The molecule has 27 rings (SSSR count). The Labute approximate surface area is 897 Å². The molecule has 0 saturated carbocycles. The second-order valence-corrected chi connectivity index (χ2v) is 29.0. The van der Waals surface area contributed by atoms with Gasteiger partial charge in [0.2, 0.25) is 0 Å². The van der Waals surface area contributed by atoms with Crippen molar-refractivity contribution in [2.45, 2.75) is 166 Å². The van der Waals surface area contributed by atoms with E-state index in [0.717, 1.165) is 131 Å². The monoisotopic (exact) mass is 2090 g/mol. The van der Waals surface area contributed by atoms with E-state index in [1.54, 1.807) is 0 Å². The molecule has 9 aromatic heterocycles. The molecule has 0 saturated heterocycles. The standard InChI is InChI=1S/3C32H16N8.12C2H6.3Zn/c3*1-2-10-18-17(9-1)25-33-26(18)38-28-21-13-5-6-14-22(21)30(35-28)40-32-24-16-8-7-15-23(24)31(36-32)39-29-20-12-4-3-11-19(20)27(34-29)37-25;12*1-2;;;/h3*1-16H;12*1-2H3;;;/q3*-2;;;;;;;;;;;;;3*+2. The summed E-state index contributed by atoms with van der Waals surface area (Å²) in [6.07, 6.45) is 0. The molecule has 21 aromatic rings. The molecule has 0 aliphatic carbocycles. The van der Waals surface area contributed by atoms with Crippen molar-refractivity contribution < 1.29 is 58.4 Å². The molecular weight excluding hydrogens is 1970 g/mol. The number of hydrogen-bond donors (Lipinski definition) is 0. The molecule has 15 heterocycles. The van der Waals surface area contributed by atoms with Crippen LogP contribution >= 0.6 is 0 Å². The smallest absolute Gasteiger partial charge is 0.357 e. The van der Waals surface area contributed by atoms with Crippen LogP contribution in [0.5, 0.6) is 0 Å². The summed E-state index contributed by atoms with van der Waals surface area (Å²) in [4.78, 5) is 118. The van der Waals surface area contributed by atoms with Gasteiger partial charge in [0, 0.05) is 135 Å². The van der Waals surface area contributed by atoms with Crippen LogP contribution in [0.25, 0.3) is 269 Å². The minimum absolute atomic E-state index is 0. The quantitative estimate of drug-likeness (QED) is 0.127. The molecule has 0 N–H and O–H groups in total. The van der Waals surface area contributed by atoms with Crippen LogP contribution in [0.15, 0.2) is 291 Å². The van der Waals surface area contributed by atoms with E-state index in [9.17, 15) is 0 Å². The van der Waals surface area contributed by atoms with Gasteiger partial charge in [0.25, 0.3) is 0 Å². The van der Waals surface area contributed by atoms with Crippen LogP contribution in [0.2, 0.25) is 0 Å². The fourth-order valence-electron chi connectivity index (χ4n) is 16.4. The Morgan fingerprint density at radius 3 is 0.245 bits per heavy atom. The van der Waals surface area contributed by atoms with Crippen molar-refractivity contribution in [2.75, 3.05) is 0 Å². The van der Waals surface area contributed by atoms with Crippen molar-refractivity contribution >= 4 is 132 Å². The third-order valence-electron chi connectivity index (χ3n) is 22.0. The molecule has 147 heavy (non-hydrogen) atoms. The first-order chi connectivity index (χ1) is 71.4. The summed E-state index contributed by atoms with van der Waals surface area (Å²) in [6, 6.07) is 95.5. The average Bonchev–Trinajstić information content (AvgIpc) is 1.60. The largest absolute Gasteiger partial charge is 2.00 e. The van der Waals surface area contributed by atoms with Gasteiger partial charge in [-0.3, -0.25) is 0 Å². The Kier molecular flexibility index (Phi) is 42.1. The Bertz CT molecular complexity index is 6900. The van der Waals surface area contributed by atoms with E-state index >= 15 is 0 Å². The molecule has 0 fully saturated rings. The summed E-state index contributed by atoms with van der Waals surface area (Å²) in [7, 11) is 0. The van der Waals surface area contributed by atoms with E-state index < -0.39 is 0 Å². The van der Waals surface area contributed by atoms with E-state index in [2.05, 4.69) is 0 Å².